The number of carbonyl (C=O) groups is 1. The summed E-state index contributed by atoms with van der Waals surface area (Å²) >= 11 is 0. The Morgan fingerprint density at radius 2 is 2.23 bits per heavy atom. The van der Waals surface area contributed by atoms with Gasteiger partial charge in [-0.25, -0.2) is 9.88 Å². The number of hydrogen-bond acceptors (Lipinski definition) is 7. The Morgan fingerprint density at radius 3 is 3.07 bits per heavy atom. The van der Waals surface area contributed by atoms with Crippen LogP contribution in [0.5, 0.6) is 5.88 Å². The lowest BCUT2D eigenvalue weighted by molar-refractivity contribution is -0.138. The molecule has 1 unspecified atom stereocenters. The number of carbonyl (C=O) groups excluding carboxylic acids is 1. The summed E-state index contributed by atoms with van der Waals surface area (Å²) in [6, 6.07) is 11.5. The predicted molar refractivity (Wildman–Crippen MR) is 108 cm³/mol. The molecule has 0 bridgehead atoms. The van der Waals surface area contributed by atoms with Gasteiger partial charge < -0.3 is 14.8 Å². The van der Waals surface area contributed by atoms with Gasteiger partial charge in [0.25, 0.3) is 5.91 Å². The highest BCUT2D eigenvalue weighted by Gasteiger charge is 2.60. The van der Waals surface area contributed by atoms with Crippen LogP contribution < -0.4 is 10.1 Å². The van der Waals surface area contributed by atoms with Crippen molar-refractivity contribution in [1.82, 2.24) is 19.7 Å². The lowest BCUT2D eigenvalue weighted by Gasteiger charge is -2.36. The van der Waals surface area contributed by atoms with E-state index in [2.05, 4.69) is 10.3 Å². The van der Waals surface area contributed by atoms with Gasteiger partial charge in [0.1, 0.15) is 0 Å². The van der Waals surface area contributed by atoms with E-state index < -0.39 is 11.5 Å². The maximum Gasteiger partial charge on any atom is 0.282 e. The largest absolute Gasteiger partial charge is 0.457 e. The molecule has 5 rings (SSSR count). The van der Waals surface area contributed by atoms with Crippen LogP contribution >= 0.6 is 0 Å². The number of aromatic nitrogens is 3. The Kier molecular flexibility index (Phi) is 4.29. The van der Waals surface area contributed by atoms with E-state index in [9.17, 15) is 10.1 Å². The van der Waals surface area contributed by atoms with E-state index in [1.165, 1.54) is 0 Å². The third-order valence-electron chi connectivity index (χ3n) is 5.77. The van der Waals surface area contributed by atoms with Crippen molar-refractivity contribution >= 4 is 22.5 Å². The van der Waals surface area contributed by atoms with Gasteiger partial charge in [-0.15, -0.1) is 0 Å². The van der Waals surface area contributed by atoms with Crippen molar-refractivity contribution in [3.63, 3.8) is 0 Å². The number of nitrogens with one attached hydrogen (secondary N) is 1. The monoisotopic (exact) mass is 404 g/mol. The molecule has 1 spiro atoms. The Labute approximate surface area is 172 Å². The van der Waals surface area contributed by atoms with Crippen molar-refractivity contribution in [2.45, 2.75) is 18.1 Å². The second kappa shape index (κ2) is 7.00. The van der Waals surface area contributed by atoms with E-state index in [-0.39, 0.29) is 19.0 Å². The fraction of sp³-hybridized carbons (Fsp3) is 0.333. The summed E-state index contributed by atoms with van der Waals surface area (Å²) in [4.78, 5) is 18.7. The van der Waals surface area contributed by atoms with Crippen molar-refractivity contribution in [2.75, 3.05) is 32.1 Å². The van der Waals surface area contributed by atoms with Crippen LogP contribution in [0.1, 0.15) is 11.6 Å². The maximum absolute atomic E-state index is 13.3. The third kappa shape index (κ3) is 2.61. The minimum atomic E-state index is -1.29. The summed E-state index contributed by atoms with van der Waals surface area (Å²) in [5.41, 5.74) is 1.11. The predicted octanol–water partition coefficient (Wildman–Crippen LogP) is 1.73. The van der Waals surface area contributed by atoms with Crippen molar-refractivity contribution < 1.29 is 14.3 Å². The minimum Gasteiger partial charge on any atom is -0.457 e. The number of benzene rings is 1. The number of amides is 1. The molecule has 1 N–H and O–H groups in total. The van der Waals surface area contributed by atoms with Gasteiger partial charge in [-0.3, -0.25) is 9.48 Å². The maximum atomic E-state index is 13.3. The van der Waals surface area contributed by atoms with E-state index in [0.29, 0.717) is 19.0 Å². The normalized spacial score (nSPS) is 22.6. The number of rotatable bonds is 4. The van der Waals surface area contributed by atoms with Gasteiger partial charge >= 0.3 is 0 Å². The molecule has 0 aliphatic carbocycles. The summed E-state index contributed by atoms with van der Waals surface area (Å²) in [6.45, 7) is 1.52. The van der Waals surface area contributed by atoms with Crippen LogP contribution in [0, 0.1) is 11.5 Å². The van der Waals surface area contributed by atoms with Crippen LogP contribution in [-0.2, 0) is 16.1 Å². The smallest absolute Gasteiger partial charge is 0.282 e. The van der Waals surface area contributed by atoms with Crippen molar-refractivity contribution in [1.29, 1.82) is 5.26 Å². The molecule has 2 aliphatic heterocycles. The van der Waals surface area contributed by atoms with E-state index in [1.54, 1.807) is 19.4 Å². The molecule has 2 aliphatic rings. The van der Waals surface area contributed by atoms with Crippen LogP contribution in [0.4, 0.5) is 5.69 Å². The molecule has 1 fully saturated rings. The lowest BCUT2D eigenvalue weighted by Crippen LogP contribution is -2.55. The molecule has 0 radical (unpaired) electrons. The molecular weight excluding hydrogens is 384 g/mol. The molecule has 152 valence electrons. The zero-order valence-corrected chi connectivity index (χ0v) is 16.4. The number of likely N-dealkylation sites (tertiary alicyclic amines) is 1. The standard InChI is InChI=1S/C21H20N6O3/c1-29-10-9-27-17-7-3-2-5-14(17)18(25-27)15-11-26(13-22)20(28)21(15)12-24-16-6-4-8-23-19(16)30-21/h2-8,15,24H,9-12H2,1H3/t15?,21-/m1/s1. The van der Waals surface area contributed by atoms with Gasteiger partial charge in [-0.05, 0) is 18.2 Å². The van der Waals surface area contributed by atoms with Crippen LogP contribution in [-0.4, -0.2) is 58.0 Å². The molecule has 30 heavy (non-hydrogen) atoms. The molecule has 9 nitrogen and oxygen atoms in total. The fourth-order valence-corrected chi connectivity index (χ4v) is 4.30. The number of nitriles is 1. The molecule has 3 aromatic rings. The number of anilines is 1. The average Bonchev–Trinajstić information content (AvgIpc) is 3.28. The summed E-state index contributed by atoms with van der Waals surface area (Å²) in [7, 11) is 1.65. The molecule has 0 saturated carbocycles. The van der Waals surface area contributed by atoms with Gasteiger partial charge in [-0.2, -0.15) is 10.4 Å². The number of hydrogen-bond donors (Lipinski definition) is 1. The van der Waals surface area contributed by atoms with Crippen LogP contribution in [0.2, 0.25) is 0 Å². The van der Waals surface area contributed by atoms with Gasteiger partial charge in [0.15, 0.2) is 6.19 Å². The van der Waals surface area contributed by atoms with Crippen molar-refractivity contribution in [3.05, 3.63) is 48.3 Å². The topological polar surface area (TPSA) is 105 Å². The number of fused-ring (bicyclic) bond motifs is 2. The molecule has 9 heteroatoms. The highest BCUT2D eigenvalue weighted by atomic mass is 16.5. The first kappa shape index (κ1) is 18.4. The van der Waals surface area contributed by atoms with Gasteiger partial charge in [0.2, 0.25) is 11.5 Å². The summed E-state index contributed by atoms with van der Waals surface area (Å²) in [5.74, 6) is -0.472. The molecule has 1 saturated heterocycles. The Balaban J connectivity index is 1.65. The van der Waals surface area contributed by atoms with Crippen LogP contribution in [0.25, 0.3) is 10.9 Å². The van der Waals surface area contributed by atoms with Crippen LogP contribution in [0.3, 0.4) is 0 Å². The zero-order valence-electron chi connectivity index (χ0n) is 16.4. The van der Waals surface area contributed by atoms with Gasteiger partial charge in [-0.1, -0.05) is 18.2 Å². The number of ether oxygens (including phenoxy) is 2. The fourth-order valence-electron chi connectivity index (χ4n) is 4.30. The highest BCUT2D eigenvalue weighted by molar-refractivity contribution is 5.94. The number of nitrogens with zero attached hydrogens (tertiary/aromatic N) is 5. The van der Waals surface area contributed by atoms with Crippen molar-refractivity contribution in [2.24, 2.45) is 0 Å². The second-order valence-electron chi connectivity index (χ2n) is 7.39. The van der Waals surface area contributed by atoms with Gasteiger partial charge in [0, 0.05) is 25.2 Å². The number of para-hydroxylation sites is 1. The van der Waals surface area contributed by atoms with Crippen LogP contribution in [0.15, 0.2) is 42.6 Å². The summed E-state index contributed by atoms with van der Waals surface area (Å²) in [6.07, 6.45) is 3.62. The van der Waals surface area contributed by atoms with E-state index in [1.807, 2.05) is 41.2 Å². The molecule has 4 heterocycles. The van der Waals surface area contributed by atoms with Crippen molar-refractivity contribution in [3.8, 4) is 12.1 Å². The summed E-state index contributed by atoms with van der Waals surface area (Å²) in [5, 5.41) is 18.6. The quantitative estimate of drug-likeness (QED) is 0.660. The lowest BCUT2D eigenvalue weighted by atomic mass is 9.85. The highest BCUT2D eigenvalue weighted by Crippen LogP contribution is 2.45. The molecule has 1 amide bonds. The Hall–Kier alpha value is -3.64. The molecule has 2 aromatic heterocycles. The zero-order chi connectivity index (χ0) is 20.7. The Morgan fingerprint density at radius 1 is 1.37 bits per heavy atom. The van der Waals surface area contributed by atoms with Gasteiger partial charge in [0.05, 0.1) is 42.5 Å². The van der Waals surface area contributed by atoms with E-state index in [4.69, 9.17) is 14.6 Å². The Bertz CT molecular complexity index is 1170. The minimum absolute atomic E-state index is 0.199. The first-order valence-electron chi connectivity index (χ1n) is 9.72. The first-order chi connectivity index (χ1) is 14.7. The average molecular weight is 404 g/mol. The summed E-state index contributed by atoms with van der Waals surface area (Å²) < 4.78 is 13.3. The molecule has 2 atom stereocenters. The SMILES string of the molecule is COCCn1nc(C2CN(C#N)C(=O)[C@@]23CNc2cccnc2O3)c2ccccc21. The van der Waals surface area contributed by atoms with E-state index in [0.717, 1.165) is 27.2 Å². The molecule has 1 aromatic carbocycles. The first-order valence-corrected chi connectivity index (χ1v) is 9.72. The van der Waals surface area contributed by atoms with E-state index >= 15 is 0 Å². The molecular formula is C21H20N6O3. The number of methoxy groups -OCH3 is 1. The third-order valence-corrected chi connectivity index (χ3v) is 5.77. The number of pyridine rings is 1. The second-order valence-corrected chi connectivity index (χ2v) is 7.39.